The Morgan fingerprint density at radius 3 is 2.75 bits per heavy atom. The van der Waals surface area contributed by atoms with E-state index in [-0.39, 0.29) is 6.61 Å². The van der Waals surface area contributed by atoms with Crippen LogP contribution in [0.5, 0.6) is 0 Å². The van der Waals surface area contributed by atoms with Crippen molar-refractivity contribution in [3.63, 3.8) is 0 Å². The molecule has 2 N–H and O–H groups in total. The smallest absolute Gasteiger partial charge is 0.224 e. The molecule has 0 saturated carbocycles. The third-order valence-corrected chi connectivity index (χ3v) is 3.61. The number of nitrogens with one attached hydrogen (secondary N) is 1. The third-order valence-electron chi connectivity index (χ3n) is 3.35. The molecular weight excluding hydrogens is 278 g/mol. The largest absolute Gasteiger partial charge is 0.395 e. The number of halogens is 1. The summed E-state index contributed by atoms with van der Waals surface area (Å²) in [5, 5.41) is 12.7. The summed E-state index contributed by atoms with van der Waals surface area (Å²) < 4.78 is 0. The Kier molecular flexibility index (Phi) is 5.82. The molecule has 7 heteroatoms. The SMILES string of the molecule is CCCNc1ncc(Cl)c(N2CCN(CCO)CC2)n1. The zero-order chi connectivity index (χ0) is 14.4. The van der Waals surface area contributed by atoms with Crippen molar-refractivity contribution in [2.75, 3.05) is 56.1 Å². The van der Waals surface area contributed by atoms with Gasteiger partial charge in [-0.05, 0) is 6.42 Å². The monoisotopic (exact) mass is 299 g/mol. The normalized spacial score (nSPS) is 16.4. The molecule has 0 bridgehead atoms. The van der Waals surface area contributed by atoms with Crippen molar-refractivity contribution < 1.29 is 5.11 Å². The quantitative estimate of drug-likeness (QED) is 0.819. The van der Waals surface area contributed by atoms with Crippen LogP contribution in [0.4, 0.5) is 11.8 Å². The average molecular weight is 300 g/mol. The van der Waals surface area contributed by atoms with E-state index in [0.717, 1.165) is 51.5 Å². The van der Waals surface area contributed by atoms with Gasteiger partial charge in [0.15, 0.2) is 5.82 Å². The first-order valence-electron chi connectivity index (χ1n) is 7.09. The maximum atomic E-state index is 8.96. The molecule has 2 rings (SSSR count). The van der Waals surface area contributed by atoms with Gasteiger partial charge in [-0.25, -0.2) is 4.98 Å². The first kappa shape index (κ1) is 15.3. The standard InChI is InChI=1S/C13H22ClN5O/c1-2-3-15-13-16-10-11(14)12(17-13)19-6-4-18(5-7-19)8-9-20/h10,20H,2-9H2,1H3,(H,15,16,17). The number of β-amino-alcohol motifs (C(OH)–C–C–N with tert-alkyl or cyclic N) is 1. The molecule has 0 atom stereocenters. The fraction of sp³-hybridized carbons (Fsp3) is 0.692. The summed E-state index contributed by atoms with van der Waals surface area (Å²) in [6.07, 6.45) is 2.68. The van der Waals surface area contributed by atoms with Crippen LogP contribution in [0, 0.1) is 0 Å². The summed E-state index contributed by atoms with van der Waals surface area (Å²) in [6.45, 7) is 7.45. The van der Waals surface area contributed by atoms with Gasteiger partial charge in [-0.3, -0.25) is 4.90 Å². The van der Waals surface area contributed by atoms with Gasteiger partial charge in [-0.2, -0.15) is 4.98 Å². The van der Waals surface area contributed by atoms with E-state index in [2.05, 4.69) is 32.0 Å². The van der Waals surface area contributed by atoms with Crippen molar-refractivity contribution in [3.05, 3.63) is 11.2 Å². The Balaban J connectivity index is 2.01. The number of aromatic nitrogens is 2. The van der Waals surface area contributed by atoms with Gasteiger partial charge in [0, 0.05) is 39.3 Å². The van der Waals surface area contributed by atoms with Gasteiger partial charge in [0.25, 0.3) is 0 Å². The minimum absolute atomic E-state index is 0.208. The van der Waals surface area contributed by atoms with Gasteiger partial charge in [-0.15, -0.1) is 0 Å². The Morgan fingerprint density at radius 2 is 2.10 bits per heavy atom. The molecule has 20 heavy (non-hydrogen) atoms. The fourth-order valence-electron chi connectivity index (χ4n) is 2.23. The molecule has 0 unspecified atom stereocenters. The van der Waals surface area contributed by atoms with E-state index in [4.69, 9.17) is 16.7 Å². The highest BCUT2D eigenvalue weighted by molar-refractivity contribution is 6.32. The summed E-state index contributed by atoms with van der Waals surface area (Å²) in [7, 11) is 0. The molecule has 1 saturated heterocycles. The molecule has 1 aliphatic rings. The van der Waals surface area contributed by atoms with E-state index in [0.29, 0.717) is 11.0 Å². The molecule has 0 aromatic carbocycles. The number of nitrogens with zero attached hydrogens (tertiary/aromatic N) is 4. The van der Waals surface area contributed by atoms with Crippen LogP contribution in [-0.4, -0.2) is 65.8 Å². The van der Waals surface area contributed by atoms with Crippen LogP contribution in [0.1, 0.15) is 13.3 Å². The fourth-order valence-corrected chi connectivity index (χ4v) is 2.44. The first-order valence-corrected chi connectivity index (χ1v) is 7.47. The van der Waals surface area contributed by atoms with Gasteiger partial charge < -0.3 is 15.3 Å². The summed E-state index contributed by atoms with van der Waals surface area (Å²) in [5.74, 6) is 1.42. The lowest BCUT2D eigenvalue weighted by molar-refractivity contribution is 0.188. The van der Waals surface area contributed by atoms with Crippen molar-refractivity contribution in [3.8, 4) is 0 Å². The highest BCUT2D eigenvalue weighted by Crippen LogP contribution is 2.24. The van der Waals surface area contributed by atoms with E-state index in [1.54, 1.807) is 6.20 Å². The van der Waals surface area contributed by atoms with Crippen molar-refractivity contribution in [1.29, 1.82) is 0 Å². The van der Waals surface area contributed by atoms with Gasteiger partial charge in [0.05, 0.1) is 12.8 Å². The maximum Gasteiger partial charge on any atom is 0.224 e. The Labute approximate surface area is 124 Å². The lowest BCUT2D eigenvalue weighted by atomic mass is 10.3. The molecule has 0 spiro atoms. The number of hydrogen-bond donors (Lipinski definition) is 2. The molecule has 0 aliphatic carbocycles. The molecule has 1 aliphatic heterocycles. The van der Waals surface area contributed by atoms with E-state index in [1.807, 2.05) is 0 Å². The Bertz CT molecular complexity index is 423. The molecule has 0 radical (unpaired) electrons. The van der Waals surface area contributed by atoms with Crippen LogP contribution in [0.15, 0.2) is 6.20 Å². The van der Waals surface area contributed by atoms with Gasteiger partial charge in [0.2, 0.25) is 5.95 Å². The highest BCUT2D eigenvalue weighted by Gasteiger charge is 2.20. The number of hydrogen-bond acceptors (Lipinski definition) is 6. The zero-order valence-corrected chi connectivity index (χ0v) is 12.6. The van der Waals surface area contributed by atoms with Gasteiger partial charge >= 0.3 is 0 Å². The highest BCUT2D eigenvalue weighted by atomic mass is 35.5. The zero-order valence-electron chi connectivity index (χ0n) is 11.8. The molecule has 1 aromatic heterocycles. The Morgan fingerprint density at radius 1 is 1.35 bits per heavy atom. The predicted octanol–water partition coefficient (Wildman–Crippen LogP) is 1.07. The summed E-state index contributed by atoms with van der Waals surface area (Å²) in [5.41, 5.74) is 0. The first-order chi connectivity index (χ1) is 9.74. The summed E-state index contributed by atoms with van der Waals surface area (Å²) in [6, 6.07) is 0. The van der Waals surface area contributed by atoms with Crippen LogP contribution < -0.4 is 10.2 Å². The van der Waals surface area contributed by atoms with E-state index in [1.165, 1.54) is 0 Å². The summed E-state index contributed by atoms with van der Waals surface area (Å²) >= 11 is 6.21. The molecule has 1 aromatic rings. The van der Waals surface area contributed by atoms with E-state index >= 15 is 0 Å². The van der Waals surface area contributed by atoms with Crippen molar-refractivity contribution in [2.45, 2.75) is 13.3 Å². The molecule has 1 fully saturated rings. The number of aliphatic hydroxyl groups is 1. The second kappa shape index (κ2) is 7.61. The topological polar surface area (TPSA) is 64.5 Å². The molecular formula is C13H22ClN5O. The second-order valence-electron chi connectivity index (χ2n) is 4.84. The lowest BCUT2D eigenvalue weighted by Crippen LogP contribution is -2.47. The minimum Gasteiger partial charge on any atom is -0.395 e. The van der Waals surface area contributed by atoms with Crippen LogP contribution in [0.3, 0.4) is 0 Å². The Hall–Kier alpha value is -1.11. The molecule has 6 nitrogen and oxygen atoms in total. The second-order valence-corrected chi connectivity index (χ2v) is 5.25. The number of anilines is 2. The number of aliphatic hydroxyl groups excluding tert-OH is 1. The molecule has 112 valence electrons. The van der Waals surface area contributed by atoms with E-state index < -0.39 is 0 Å². The average Bonchev–Trinajstić information content (AvgIpc) is 2.48. The molecule has 2 heterocycles. The molecule has 0 amide bonds. The third kappa shape index (κ3) is 3.94. The van der Waals surface area contributed by atoms with Crippen LogP contribution >= 0.6 is 11.6 Å². The van der Waals surface area contributed by atoms with Crippen LogP contribution in [-0.2, 0) is 0 Å². The number of rotatable bonds is 6. The van der Waals surface area contributed by atoms with Crippen molar-refractivity contribution in [1.82, 2.24) is 14.9 Å². The summed E-state index contributed by atoms with van der Waals surface area (Å²) in [4.78, 5) is 13.1. The van der Waals surface area contributed by atoms with Crippen molar-refractivity contribution in [2.24, 2.45) is 0 Å². The van der Waals surface area contributed by atoms with Crippen molar-refractivity contribution >= 4 is 23.4 Å². The van der Waals surface area contributed by atoms with Crippen LogP contribution in [0.25, 0.3) is 0 Å². The predicted molar refractivity (Wildman–Crippen MR) is 81.6 cm³/mol. The van der Waals surface area contributed by atoms with Gasteiger partial charge in [0.1, 0.15) is 5.02 Å². The maximum absolute atomic E-state index is 8.96. The number of piperazine rings is 1. The van der Waals surface area contributed by atoms with E-state index in [9.17, 15) is 0 Å². The van der Waals surface area contributed by atoms with Gasteiger partial charge in [-0.1, -0.05) is 18.5 Å². The minimum atomic E-state index is 0.208. The lowest BCUT2D eigenvalue weighted by Gasteiger charge is -2.35. The van der Waals surface area contributed by atoms with Crippen LogP contribution in [0.2, 0.25) is 5.02 Å².